The number of carbonyl (C=O) groups is 2. The zero-order valence-corrected chi connectivity index (χ0v) is 21.2. The summed E-state index contributed by atoms with van der Waals surface area (Å²) in [5.74, 6) is 0.684. The van der Waals surface area contributed by atoms with Gasteiger partial charge in [0.2, 0.25) is 5.91 Å². The van der Waals surface area contributed by atoms with Gasteiger partial charge < -0.3 is 24.7 Å². The maximum absolute atomic E-state index is 13.6. The van der Waals surface area contributed by atoms with Gasteiger partial charge in [0.15, 0.2) is 5.78 Å². The van der Waals surface area contributed by atoms with Crippen LogP contribution in [-0.4, -0.2) is 62.5 Å². The number of hydrogen-bond acceptors (Lipinski definition) is 7. The summed E-state index contributed by atoms with van der Waals surface area (Å²) in [6.07, 6.45) is 3.72. The Balaban J connectivity index is 1.40. The molecule has 1 fully saturated rings. The van der Waals surface area contributed by atoms with E-state index in [9.17, 15) is 9.59 Å². The lowest BCUT2D eigenvalue weighted by Crippen LogP contribution is -2.42. The van der Waals surface area contributed by atoms with Gasteiger partial charge in [0.1, 0.15) is 11.8 Å². The van der Waals surface area contributed by atoms with Crippen molar-refractivity contribution in [3.8, 4) is 0 Å². The molecule has 5 rings (SSSR count). The number of morpholine rings is 1. The molecule has 8 nitrogen and oxygen atoms in total. The number of para-hydroxylation sites is 2. The van der Waals surface area contributed by atoms with E-state index in [1.165, 1.54) is 0 Å². The Morgan fingerprint density at radius 1 is 1.14 bits per heavy atom. The molecule has 1 atom stereocenters. The van der Waals surface area contributed by atoms with Gasteiger partial charge in [-0.1, -0.05) is 26.0 Å². The van der Waals surface area contributed by atoms with E-state index >= 15 is 0 Å². The van der Waals surface area contributed by atoms with Crippen molar-refractivity contribution in [2.75, 3.05) is 56.2 Å². The van der Waals surface area contributed by atoms with E-state index < -0.39 is 6.04 Å². The van der Waals surface area contributed by atoms with Crippen LogP contribution in [-0.2, 0) is 14.3 Å². The SMILES string of the molecule is CC1(C)CC(=O)C2=C(C1)Nc1ccccc1N(CC(=O)NCCCN1CCOCC1)C2c1ccco1. The standard InChI is InChI=1S/C28H36N4O4/c1-28(2)17-21-26(23(33)18-28)27(24-9-5-14-36-24)32(22-8-4-3-7-20(22)30-21)19-25(34)29-10-6-11-31-12-15-35-16-13-31/h3-5,7-9,14,27,30H,6,10-13,15-19H2,1-2H3,(H,29,34). The number of rotatable bonds is 7. The highest BCUT2D eigenvalue weighted by Gasteiger charge is 2.42. The average molecular weight is 493 g/mol. The lowest BCUT2D eigenvalue weighted by molar-refractivity contribution is -0.120. The Bertz CT molecular complexity index is 1120. The van der Waals surface area contributed by atoms with Crippen molar-refractivity contribution in [3.63, 3.8) is 0 Å². The van der Waals surface area contributed by atoms with E-state index in [1.54, 1.807) is 6.26 Å². The Kier molecular flexibility index (Phi) is 7.16. The molecule has 0 radical (unpaired) electrons. The smallest absolute Gasteiger partial charge is 0.239 e. The van der Waals surface area contributed by atoms with Gasteiger partial charge in [0, 0.05) is 37.3 Å². The van der Waals surface area contributed by atoms with Gasteiger partial charge in [0.25, 0.3) is 0 Å². The lowest BCUT2D eigenvalue weighted by atomic mass is 9.74. The number of benzene rings is 1. The molecule has 2 N–H and O–H groups in total. The highest BCUT2D eigenvalue weighted by molar-refractivity contribution is 6.01. The van der Waals surface area contributed by atoms with Crippen molar-refractivity contribution in [2.24, 2.45) is 5.41 Å². The molecule has 3 heterocycles. The topological polar surface area (TPSA) is 87.1 Å². The third kappa shape index (κ3) is 5.34. The first-order chi connectivity index (χ1) is 17.4. The first-order valence-corrected chi connectivity index (χ1v) is 12.9. The maximum Gasteiger partial charge on any atom is 0.239 e. The molecule has 2 aliphatic heterocycles. The minimum absolute atomic E-state index is 0.0732. The van der Waals surface area contributed by atoms with E-state index in [0.29, 0.717) is 24.3 Å². The lowest BCUT2D eigenvalue weighted by Gasteiger charge is -2.36. The first kappa shape index (κ1) is 24.6. The monoisotopic (exact) mass is 492 g/mol. The van der Waals surface area contributed by atoms with Crippen molar-refractivity contribution in [1.82, 2.24) is 10.2 Å². The predicted octanol–water partition coefficient (Wildman–Crippen LogP) is 3.73. The molecule has 0 saturated carbocycles. The van der Waals surface area contributed by atoms with Gasteiger partial charge in [-0.2, -0.15) is 0 Å². The van der Waals surface area contributed by atoms with Gasteiger partial charge in [0.05, 0.1) is 37.4 Å². The Morgan fingerprint density at radius 2 is 1.94 bits per heavy atom. The zero-order valence-electron chi connectivity index (χ0n) is 21.2. The summed E-state index contributed by atoms with van der Waals surface area (Å²) >= 11 is 0. The van der Waals surface area contributed by atoms with Crippen molar-refractivity contribution < 1.29 is 18.7 Å². The molecule has 0 bridgehead atoms. The molecule has 1 aromatic heterocycles. The number of nitrogens with one attached hydrogen (secondary N) is 2. The Morgan fingerprint density at radius 3 is 2.72 bits per heavy atom. The number of hydrogen-bond donors (Lipinski definition) is 2. The molecule has 8 heteroatoms. The summed E-state index contributed by atoms with van der Waals surface area (Å²) in [7, 11) is 0. The second kappa shape index (κ2) is 10.5. The molecule has 2 aromatic rings. The van der Waals surface area contributed by atoms with Crippen LogP contribution in [0.15, 0.2) is 58.3 Å². The predicted molar refractivity (Wildman–Crippen MR) is 139 cm³/mol. The molecule has 1 amide bonds. The van der Waals surface area contributed by atoms with Gasteiger partial charge in [-0.25, -0.2) is 0 Å². The van der Waals surface area contributed by atoms with Crippen LogP contribution in [0.3, 0.4) is 0 Å². The van der Waals surface area contributed by atoms with E-state index in [4.69, 9.17) is 9.15 Å². The molecule has 3 aliphatic rings. The third-order valence-corrected chi connectivity index (χ3v) is 7.21. The van der Waals surface area contributed by atoms with Crippen LogP contribution in [0.5, 0.6) is 0 Å². The van der Waals surface area contributed by atoms with Crippen molar-refractivity contribution >= 4 is 23.1 Å². The summed E-state index contributed by atoms with van der Waals surface area (Å²) in [6, 6.07) is 11.2. The highest BCUT2D eigenvalue weighted by Crippen LogP contribution is 2.48. The van der Waals surface area contributed by atoms with E-state index in [1.807, 2.05) is 41.3 Å². The summed E-state index contributed by atoms with van der Waals surface area (Å²) < 4.78 is 11.3. The Labute approximate surface area is 212 Å². The fourth-order valence-corrected chi connectivity index (χ4v) is 5.54. The number of allylic oxidation sites excluding steroid dienone is 1. The minimum Gasteiger partial charge on any atom is -0.467 e. The maximum atomic E-state index is 13.6. The molecular formula is C28H36N4O4. The third-order valence-electron chi connectivity index (χ3n) is 7.21. The fraction of sp³-hybridized carbons (Fsp3) is 0.500. The van der Waals surface area contributed by atoms with E-state index in [-0.39, 0.29) is 23.7 Å². The van der Waals surface area contributed by atoms with Gasteiger partial charge in [-0.3, -0.25) is 14.5 Å². The summed E-state index contributed by atoms with van der Waals surface area (Å²) in [5.41, 5.74) is 3.24. The van der Waals surface area contributed by atoms with Crippen LogP contribution in [0.1, 0.15) is 44.9 Å². The summed E-state index contributed by atoms with van der Waals surface area (Å²) in [5, 5.41) is 6.65. The molecule has 36 heavy (non-hydrogen) atoms. The number of Topliss-reactive ketones (excluding diaryl/α,β-unsaturated/α-hetero) is 1. The second-order valence-corrected chi connectivity index (χ2v) is 10.7. The van der Waals surface area contributed by atoms with Crippen LogP contribution in [0.2, 0.25) is 0 Å². The van der Waals surface area contributed by atoms with Crippen molar-refractivity contribution in [2.45, 2.75) is 39.2 Å². The quantitative estimate of drug-likeness (QED) is 0.570. The number of amides is 1. The molecule has 1 aromatic carbocycles. The number of ether oxygens (including phenoxy) is 1. The fourth-order valence-electron chi connectivity index (χ4n) is 5.54. The molecule has 1 saturated heterocycles. The summed E-state index contributed by atoms with van der Waals surface area (Å²) in [4.78, 5) is 31.1. The molecule has 1 unspecified atom stereocenters. The van der Waals surface area contributed by atoms with E-state index in [0.717, 1.165) is 62.8 Å². The summed E-state index contributed by atoms with van der Waals surface area (Å²) in [6.45, 7) is 9.35. The van der Waals surface area contributed by atoms with Crippen molar-refractivity contribution in [1.29, 1.82) is 0 Å². The van der Waals surface area contributed by atoms with Crippen LogP contribution < -0.4 is 15.5 Å². The average Bonchev–Trinajstić information content (AvgIpc) is 3.34. The number of anilines is 2. The van der Waals surface area contributed by atoms with Crippen LogP contribution >= 0.6 is 0 Å². The van der Waals surface area contributed by atoms with Crippen LogP contribution in [0, 0.1) is 5.41 Å². The van der Waals surface area contributed by atoms with Gasteiger partial charge in [-0.05, 0) is 49.1 Å². The largest absolute Gasteiger partial charge is 0.467 e. The number of fused-ring (bicyclic) bond motifs is 1. The normalized spacial score (nSPS) is 21.9. The van der Waals surface area contributed by atoms with Crippen LogP contribution in [0.4, 0.5) is 11.4 Å². The second-order valence-electron chi connectivity index (χ2n) is 10.7. The molecule has 192 valence electrons. The number of furan rings is 1. The molecule has 1 aliphatic carbocycles. The van der Waals surface area contributed by atoms with E-state index in [2.05, 4.69) is 29.4 Å². The molecular weight excluding hydrogens is 456 g/mol. The minimum atomic E-state index is -0.478. The first-order valence-electron chi connectivity index (χ1n) is 12.9. The number of nitrogens with zero attached hydrogens (tertiary/aromatic N) is 2. The van der Waals surface area contributed by atoms with Gasteiger partial charge >= 0.3 is 0 Å². The highest BCUT2D eigenvalue weighted by atomic mass is 16.5. The number of ketones is 1. The molecule has 0 spiro atoms. The van der Waals surface area contributed by atoms with Gasteiger partial charge in [-0.15, -0.1) is 0 Å². The van der Waals surface area contributed by atoms with Crippen molar-refractivity contribution in [3.05, 3.63) is 59.7 Å². The zero-order chi connectivity index (χ0) is 25.1. The van der Waals surface area contributed by atoms with Crippen LogP contribution in [0.25, 0.3) is 0 Å². The number of carbonyl (C=O) groups excluding carboxylic acids is 2. The Hall–Kier alpha value is -3.10.